The fraction of sp³-hybridized carbons (Fsp3) is 0.462. The quantitative estimate of drug-likeness (QED) is 0.818. The molecular formula is C13H17NO3. The SMILES string of the molecule is NC(=O)OC(c1ccccc1)C(CO)C1CC1. The average Bonchev–Trinajstić information content (AvgIpc) is 3.14. The van der Waals surface area contributed by atoms with E-state index in [0.717, 1.165) is 18.4 Å². The molecule has 1 aliphatic carbocycles. The van der Waals surface area contributed by atoms with Crippen LogP contribution < -0.4 is 5.73 Å². The van der Waals surface area contributed by atoms with Gasteiger partial charge in [0.25, 0.3) is 0 Å². The fourth-order valence-corrected chi connectivity index (χ4v) is 2.19. The molecule has 1 amide bonds. The van der Waals surface area contributed by atoms with Gasteiger partial charge in [0, 0.05) is 5.92 Å². The van der Waals surface area contributed by atoms with Gasteiger partial charge in [0.15, 0.2) is 0 Å². The summed E-state index contributed by atoms with van der Waals surface area (Å²) in [6.45, 7) is 0.0114. The minimum absolute atomic E-state index is 0.0114. The molecule has 0 heterocycles. The van der Waals surface area contributed by atoms with Gasteiger partial charge in [-0.05, 0) is 24.3 Å². The molecule has 1 aliphatic rings. The maximum Gasteiger partial charge on any atom is 0.405 e. The lowest BCUT2D eigenvalue weighted by Gasteiger charge is -2.25. The highest BCUT2D eigenvalue weighted by Crippen LogP contribution is 2.44. The van der Waals surface area contributed by atoms with E-state index in [4.69, 9.17) is 10.5 Å². The molecule has 2 rings (SSSR count). The van der Waals surface area contributed by atoms with Crippen LogP contribution in [-0.2, 0) is 4.74 Å². The number of hydrogen-bond donors (Lipinski definition) is 2. The molecule has 0 saturated heterocycles. The Balaban J connectivity index is 2.20. The van der Waals surface area contributed by atoms with Gasteiger partial charge in [-0.1, -0.05) is 30.3 Å². The number of ether oxygens (including phenoxy) is 1. The van der Waals surface area contributed by atoms with Crippen molar-refractivity contribution in [2.75, 3.05) is 6.61 Å². The molecule has 1 fully saturated rings. The van der Waals surface area contributed by atoms with Gasteiger partial charge in [-0.25, -0.2) is 4.79 Å². The summed E-state index contributed by atoms with van der Waals surface area (Å²) in [5, 5.41) is 9.45. The molecular weight excluding hydrogens is 218 g/mol. The van der Waals surface area contributed by atoms with Crippen LogP contribution in [-0.4, -0.2) is 17.8 Å². The Labute approximate surface area is 100 Å². The van der Waals surface area contributed by atoms with Crippen molar-refractivity contribution in [2.24, 2.45) is 17.6 Å². The summed E-state index contributed by atoms with van der Waals surface area (Å²) in [6.07, 6.45) is 0.928. The van der Waals surface area contributed by atoms with Crippen LogP contribution in [0.25, 0.3) is 0 Å². The minimum atomic E-state index is -0.794. The zero-order valence-electron chi connectivity index (χ0n) is 9.58. The third-order valence-corrected chi connectivity index (χ3v) is 3.20. The number of aliphatic hydroxyl groups excluding tert-OH is 1. The zero-order chi connectivity index (χ0) is 12.3. The Bertz CT molecular complexity index is 376. The minimum Gasteiger partial charge on any atom is -0.441 e. The Morgan fingerprint density at radius 1 is 1.41 bits per heavy atom. The van der Waals surface area contributed by atoms with Crippen LogP contribution in [0.3, 0.4) is 0 Å². The lowest BCUT2D eigenvalue weighted by Crippen LogP contribution is -2.26. The van der Waals surface area contributed by atoms with Crippen molar-refractivity contribution in [3.8, 4) is 0 Å². The first-order valence-electron chi connectivity index (χ1n) is 5.84. The third-order valence-electron chi connectivity index (χ3n) is 3.20. The number of aliphatic hydroxyl groups is 1. The zero-order valence-corrected chi connectivity index (χ0v) is 9.58. The van der Waals surface area contributed by atoms with Crippen LogP contribution in [0.15, 0.2) is 30.3 Å². The van der Waals surface area contributed by atoms with Crippen molar-refractivity contribution in [1.82, 2.24) is 0 Å². The lowest BCUT2D eigenvalue weighted by molar-refractivity contribution is 0.0336. The van der Waals surface area contributed by atoms with E-state index in [1.165, 1.54) is 0 Å². The van der Waals surface area contributed by atoms with E-state index in [1.54, 1.807) is 0 Å². The van der Waals surface area contributed by atoms with Crippen molar-refractivity contribution in [3.63, 3.8) is 0 Å². The summed E-state index contributed by atoms with van der Waals surface area (Å²) in [4.78, 5) is 11.0. The fourth-order valence-electron chi connectivity index (χ4n) is 2.19. The molecule has 0 radical (unpaired) electrons. The van der Waals surface area contributed by atoms with Gasteiger partial charge in [0.1, 0.15) is 6.10 Å². The van der Waals surface area contributed by atoms with Gasteiger partial charge in [-0.3, -0.25) is 0 Å². The Morgan fingerprint density at radius 2 is 2.06 bits per heavy atom. The van der Waals surface area contributed by atoms with E-state index in [2.05, 4.69) is 0 Å². The molecule has 2 atom stereocenters. The molecule has 2 unspecified atom stereocenters. The number of amides is 1. The van der Waals surface area contributed by atoms with Crippen LogP contribution in [0.4, 0.5) is 4.79 Å². The molecule has 1 saturated carbocycles. The maximum absolute atomic E-state index is 11.0. The molecule has 4 heteroatoms. The van der Waals surface area contributed by atoms with Crippen molar-refractivity contribution >= 4 is 6.09 Å². The topological polar surface area (TPSA) is 72.6 Å². The van der Waals surface area contributed by atoms with Crippen LogP contribution in [0.5, 0.6) is 0 Å². The maximum atomic E-state index is 11.0. The number of benzene rings is 1. The third kappa shape index (κ3) is 2.97. The van der Waals surface area contributed by atoms with Crippen molar-refractivity contribution in [3.05, 3.63) is 35.9 Å². The smallest absolute Gasteiger partial charge is 0.405 e. The number of carbonyl (C=O) groups is 1. The predicted molar refractivity (Wildman–Crippen MR) is 63.2 cm³/mol. The van der Waals surface area contributed by atoms with E-state index >= 15 is 0 Å². The summed E-state index contributed by atoms with van der Waals surface area (Å²) in [5.74, 6) is 0.384. The molecule has 0 aliphatic heterocycles. The summed E-state index contributed by atoms with van der Waals surface area (Å²) in [6, 6.07) is 9.44. The Hall–Kier alpha value is -1.55. The molecule has 4 nitrogen and oxygen atoms in total. The lowest BCUT2D eigenvalue weighted by atomic mass is 9.92. The van der Waals surface area contributed by atoms with Gasteiger partial charge in [0.2, 0.25) is 0 Å². The molecule has 3 N–H and O–H groups in total. The molecule has 0 spiro atoms. The number of carbonyl (C=O) groups excluding carboxylic acids is 1. The normalized spacial score (nSPS) is 18.4. The van der Waals surface area contributed by atoms with Crippen molar-refractivity contribution < 1.29 is 14.6 Å². The molecule has 1 aromatic carbocycles. The highest BCUT2D eigenvalue weighted by Gasteiger charge is 2.38. The van der Waals surface area contributed by atoms with E-state index in [1.807, 2.05) is 30.3 Å². The van der Waals surface area contributed by atoms with E-state index in [-0.39, 0.29) is 12.5 Å². The predicted octanol–water partition coefficient (Wildman–Crippen LogP) is 1.84. The second kappa shape index (κ2) is 5.19. The summed E-state index contributed by atoms with van der Waals surface area (Å²) in [7, 11) is 0. The van der Waals surface area contributed by atoms with Gasteiger partial charge in [0.05, 0.1) is 6.61 Å². The van der Waals surface area contributed by atoms with Crippen molar-refractivity contribution in [1.29, 1.82) is 0 Å². The number of hydrogen-bond acceptors (Lipinski definition) is 3. The number of nitrogens with two attached hydrogens (primary N) is 1. The number of rotatable bonds is 5. The second-order valence-corrected chi connectivity index (χ2v) is 4.45. The van der Waals surface area contributed by atoms with Crippen LogP contribution in [0.2, 0.25) is 0 Å². The molecule has 1 aromatic rings. The van der Waals surface area contributed by atoms with E-state index < -0.39 is 12.2 Å². The first-order valence-corrected chi connectivity index (χ1v) is 5.84. The Morgan fingerprint density at radius 3 is 2.53 bits per heavy atom. The highest BCUT2D eigenvalue weighted by molar-refractivity contribution is 5.65. The van der Waals surface area contributed by atoms with Crippen LogP contribution in [0.1, 0.15) is 24.5 Å². The van der Waals surface area contributed by atoms with E-state index in [0.29, 0.717) is 5.92 Å². The molecule has 0 bridgehead atoms. The molecule has 17 heavy (non-hydrogen) atoms. The molecule has 0 aromatic heterocycles. The second-order valence-electron chi connectivity index (χ2n) is 4.45. The summed E-state index contributed by atoms with van der Waals surface area (Å²) < 4.78 is 5.17. The standard InChI is InChI=1S/C13H17NO3/c14-13(16)17-12(10-4-2-1-3-5-10)11(8-15)9-6-7-9/h1-5,9,11-12,15H,6-8H2,(H2,14,16). The summed E-state index contributed by atoms with van der Waals surface area (Å²) >= 11 is 0. The van der Waals surface area contributed by atoms with Gasteiger partial charge in [-0.2, -0.15) is 0 Å². The van der Waals surface area contributed by atoms with Crippen molar-refractivity contribution in [2.45, 2.75) is 18.9 Å². The first-order chi connectivity index (χ1) is 8.22. The highest BCUT2D eigenvalue weighted by atomic mass is 16.6. The first kappa shape index (κ1) is 11.9. The average molecular weight is 235 g/mol. The molecule has 92 valence electrons. The summed E-state index contributed by atoms with van der Waals surface area (Å²) in [5.41, 5.74) is 5.99. The number of primary amides is 1. The van der Waals surface area contributed by atoms with E-state index in [9.17, 15) is 9.90 Å². The van der Waals surface area contributed by atoms with Gasteiger partial charge < -0.3 is 15.6 Å². The van der Waals surface area contributed by atoms with Gasteiger partial charge in [-0.15, -0.1) is 0 Å². The van der Waals surface area contributed by atoms with Crippen LogP contribution in [0, 0.1) is 11.8 Å². The van der Waals surface area contributed by atoms with Gasteiger partial charge >= 0.3 is 6.09 Å². The Kier molecular flexibility index (Phi) is 3.64. The largest absolute Gasteiger partial charge is 0.441 e. The van der Waals surface area contributed by atoms with Crippen LogP contribution >= 0.6 is 0 Å². The monoisotopic (exact) mass is 235 g/mol.